The van der Waals surface area contributed by atoms with E-state index in [0.717, 1.165) is 27.7 Å². The molecule has 0 spiro atoms. The first-order chi connectivity index (χ1) is 32.1. The second kappa shape index (κ2) is 25.4. The van der Waals surface area contributed by atoms with Crippen molar-refractivity contribution in [2.75, 3.05) is 33.0 Å². The fourth-order valence-corrected chi connectivity index (χ4v) is 8.05. The number of rotatable bonds is 24. The summed E-state index contributed by atoms with van der Waals surface area (Å²) in [5, 5.41) is 169. The molecular weight excluding hydrogens is 944 g/mol. The average Bonchev–Trinajstić information content (AvgIpc) is 3.27. The van der Waals surface area contributed by atoms with Crippen LogP contribution in [0.2, 0.25) is 0 Å². The summed E-state index contributed by atoms with van der Waals surface area (Å²) in [4.78, 5) is 74.4. The second-order valence-corrected chi connectivity index (χ2v) is 16.7. The van der Waals surface area contributed by atoms with Gasteiger partial charge in [0.25, 0.3) is 11.6 Å². The molecule has 3 saturated heterocycles. The third-order valence-electron chi connectivity index (χ3n) is 11.4. The predicted molar refractivity (Wildman–Crippen MR) is 217 cm³/mol. The van der Waals surface area contributed by atoms with E-state index in [1.807, 2.05) is 0 Å². The van der Waals surface area contributed by atoms with Crippen LogP contribution in [0.5, 0.6) is 0 Å². The van der Waals surface area contributed by atoms with E-state index in [4.69, 9.17) is 28.4 Å². The molecule has 0 aromatic rings. The Balaban J connectivity index is 2.03. The van der Waals surface area contributed by atoms with Crippen LogP contribution in [0.15, 0.2) is 0 Å². The van der Waals surface area contributed by atoms with Crippen molar-refractivity contribution in [1.29, 1.82) is 0 Å². The Bertz CT molecular complexity index is 1750. The Kier molecular flexibility index (Phi) is 21.9. The molecule has 0 saturated carbocycles. The zero-order valence-electron chi connectivity index (χ0n) is 37.5. The third kappa shape index (κ3) is 14.4. The molecule has 0 aliphatic carbocycles. The average molecular weight is 1010 g/mol. The van der Waals surface area contributed by atoms with E-state index in [9.17, 15) is 105 Å². The van der Waals surface area contributed by atoms with Crippen LogP contribution in [-0.4, -0.2) is 273 Å². The molecule has 0 bridgehead atoms. The maximum Gasteiger partial charge on any atom is 0.364 e. The van der Waals surface area contributed by atoms with Gasteiger partial charge in [-0.3, -0.25) is 19.2 Å². The standard InChI is InChI=1S/C38H64N4O27/c1-12(47)39-16(7-43)31(66-34-25(42-15(4)50)30(59)28(57)21(9-45)65-34)27(56)20(54)11-64-37(35(60)61)5-17(51)24(41-14(3)49)33(68-37)29(58)22(10-46)67-38(36(62)63)6-18(52)23(40-13(2)48)32(69-38)26(55)19(53)8-44/h16-34,43-46,51-59H,5-11H2,1-4H3,(H,39,47)(H,40,48)(H,41,49)(H,42,50)(H,60,61)(H,62,63)/t16-,17-,18-,19+,20+,21+,22+,23+,24+,25+,26+,27-,28-,29+,30+,31+,32+,33+,34+,37+,38+/m0/s1. The molecule has 0 unspecified atom stereocenters. The molecule has 3 rings (SSSR count). The summed E-state index contributed by atoms with van der Waals surface area (Å²) in [5.74, 6) is -14.1. The number of aliphatic hydroxyl groups is 13. The Morgan fingerprint density at radius 1 is 0.638 bits per heavy atom. The van der Waals surface area contributed by atoms with Gasteiger partial charge in [0.15, 0.2) is 6.29 Å². The molecule has 31 heteroatoms. The topological polar surface area (TPSA) is 509 Å². The first-order valence-corrected chi connectivity index (χ1v) is 21.2. The molecule has 3 fully saturated rings. The highest BCUT2D eigenvalue weighted by atomic mass is 16.8. The lowest BCUT2D eigenvalue weighted by molar-refractivity contribution is -0.347. The smallest absolute Gasteiger partial charge is 0.364 e. The monoisotopic (exact) mass is 1010 g/mol. The minimum Gasteiger partial charge on any atom is -0.477 e. The van der Waals surface area contributed by atoms with Crippen molar-refractivity contribution in [2.45, 2.75) is 168 Å². The van der Waals surface area contributed by atoms with Gasteiger partial charge in [-0.25, -0.2) is 9.59 Å². The molecule has 3 aliphatic rings. The van der Waals surface area contributed by atoms with Gasteiger partial charge in [0.05, 0.1) is 63.4 Å². The van der Waals surface area contributed by atoms with Crippen LogP contribution in [0.25, 0.3) is 0 Å². The maximum atomic E-state index is 13.0. The van der Waals surface area contributed by atoms with Crippen LogP contribution in [-0.2, 0) is 57.2 Å². The molecule has 3 aliphatic heterocycles. The Morgan fingerprint density at radius 3 is 1.58 bits per heavy atom. The predicted octanol–water partition coefficient (Wildman–Crippen LogP) is -11.1. The van der Waals surface area contributed by atoms with Crippen molar-refractivity contribution in [3.8, 4) is 0 Å². The number of carboxylic acid groups (broad SMARTS) is 2. The summed E-state index contributed by atoms with van der Waals surface area (Å²) in [6, 6.07) is -6.92. The van der Waals surface area contributed by atoms with Crippen LogP contribution < -0.4 is 21.3 Å². The number of carbonyl (C=O) groups is 6. The van der Waals surface area contributed by atoms with Crippen LogP contribution in [0.1, 0.15) is 40.5 Å². The molecule has 0 radical (unpaired) electrons. The molecule has 31 nitrogen and oxygen atoms in total. The van der Waals surface area contributed by atoms with E-state index < -0.39 is 209 Å². The van der Waals surface area contributed by atoms with Gasteiger partial charge >= 0.3 is 11.9 Å². The van der Waals surface area contributed by atoms with E-state index in [1.165, 1.54) is 0 Å². The highest BCUT2D eigenvalue weighted by molar-refractivity contribution is 5.77. The van der Waals surface area contributed by atoms with E-state index in [-0.39, 0.29) is 0 Å². The number of aliphatic hydroxyl groups excluding tert-OH is 13. The molecule has 69 heavy (non-hydrogen) atoms. The summed E-state index contributed by atoms with van der Waals surface area (Å²) >= 11 is 0. The van der Waals surface area contributed by atoms with Gasteiger partial charge < -0.3 is 126 Å². The van der Waals surface area contributed by atoms with Gasteiger partial charge in [-0.2, -0.15) is 0 Å². The number of carbonyl (C=O) groups excluding carboxylic acids is 4. The van der Waals surface area contributed by atoms with E-state index in [2.05, 4.69) is 21.3 Å². The van der Waals surface area contributed by atoms with Crippen LogP contribution in [0, 0.1) is 0 Å². The minimum absolute atomic E-state index is 0.811. The fourth-order valence-electron chi connectivity index (χ4n) is 8.05. The van der Waals surface area contributed by atoms with Crippen molar-refractivity contribution in [3.63, 3.8) is 0 Å². The lowest BCUT2D eigenvalue weighted by Crippen LogP contribution is -2.70. The van der Waals surface area contributed by atoms with E-state index >= 15 is 0 Å². The summed E-state index contributed by atoms with van der Waals surface area (Å²) in [7, 11) is 0. The minimum atomic E-state index is -3.23. The second-order valence-electron chi connectivity index (χ2n) is 16.7. The molecule has 0 aromatic heterocycles. The van der Waals surface area contributed by atoms with Gasteiger partial charge in [0, 0.05) is 40.5 Å². The normalized spacial score (nSPS) is 35.2. The fraction of sp³-hybridized carbons (Fsp3) is 0.842. The number of amides is 4. The summed E-state index contributed by atoms with van der Waals surface area (Å²) < 4.78 is 33.5. The van der Waals surface area contributed by atoms with Crippen molar-refractivity contribution in [1.82, 2.24) is 21.3 Å². The molecule has 21 atom stereocenters. The first-order valence-electron chi connectivity index (χ1n) is 21.2. The zero-order chi connectivity index (χ0) is 52.5. The molecule has 19 N–H and O–H groups in total. The summed E-state index contributed by atoms with van der Waals surface area (Å²) in [6.07, 6.45) is -34.3. The zero-order valence-corrected chi connectivity index (χ0v) is 37.5. The van der Waals surface area contributed by atoms with Gasteiger partial charge in [-0.05, 0) is 0 Å². The SMILES string of the molecule is CC(=O)N[C@H]1[C@@H](O[C@@H]([C@@H](O)[C@H](O)CO[C@]2(C(=O)O)C[C@H](O)[C@@H](NC(C)=O)[C@H]([C@H](O)[C@@H](CO)O[C@]3(C(=O)O)C[C@H](O)[C@@H](NC(C)=O)[C@H]([C@H](O)[C@H](O)CO)O3)O2)[C@H](CO)NC(C)=O)O[C@H](CO)[C@H](O)[C@@H]1O. The van der Waals surface area contributed by atoms with E-state index in [0.29, 0.717) is 0 Å². The highest BCUT2D eigenvalue weighted by Crippen LogP contribution is 2.38. The molecule has 398 valence electrons. The first kappa shape index (κ1) is 59.4. The number of hydrogen-bond acceptors (Lipinski definition) is 25. The Morgan fingerprint density at radius 2 is 1.13 bits per heavy atom. The van der Waals surface area contributed by atoms with Gasteiger partial charge in [-0.1, -0.05) is 0 Å². The van der Waals surface area contributed by atoms with Crippen LogP contribution in [0.4, 0.5) is 0 Å². The largest absolute Gasteiger partial charge is 0.477 e. The molecular formula is C38H64N4O27. The molecule has 3 heterocycles. The highest BCUT2D eigenvalue weighted by Gasteiger charge is 2.60. The van der Waals surface area contributed by atoms with Crippen LogP contribution >= 0.6 is 0 Å². The van der Waals surface area contributed by atoms with Gasteiger partial charge in [0.2, 0.25) is 23.6 Å². The van der Waals surface area contributed by atoms with Gasteiger partial charge in [-0.15, -0.1) is 0 Å². The summed E-state index contributed by atoms with van der Waals surface area (Å²) in [6.45, 7) is -2.08. The number of nitrogens with one attached hydrogen (secondary N) is 4. The molecule has 4 amide bonds. The lowest BCUT2D eigenvalue weighted by atomic mass is 9.87. The number of aliphatic carboxylic acids is 2. The number of carboxylic acids is 2. The third-order valence-corrected chi connectivity index (χ3v) is 11.4. The van der Waals surface area contributed by atoms with E-state index in [1.54, 1.807) is 0 Å². The maximum absolute atomic E-state index is 13.0. The number of ether oxygens (including phenoxy) is 6. The van der Waals surface area contributed by atoms with Crippen LogP contribution in [0.3, 0.4) is 0 Å². The Labute approximate surface area is 391 Å². The van der Waals surface area contributed by atoms with Crippen molar-refractivity contribution in [3.05, 3.63) is 0 Å². The molecule has 0 aromatic carbocycles. The lowest BCUT2D eigenvalue weighted by Gasteiger charge is -2.49. The van der Waals surface area contributed by atoms with Crippen molar-refractivity contribution < 1.29 is 134 Å². The Hall–Kier alpha value is -3.94. The summed E-state index contributed by atoms with van der Waals surface area (Å²) in [5.41, 5.74) is 0. The van der Waals surface area contributed by atoms with Crippen molar-refractivity contribution in [2.24, 2.45) is 0 Å². The van der Waals surface area contributed by atoms with Crippen molar-refractivity contribution >= 4 is 35.6 Å². The quantitative estimate of drug-likeness (QED) is 0.0427. The van der Waals surface area contributed by atoms with Gasteiger partial charge in [0.1, 0.15) is 79.3 Å². The number of hydrogen-bond donors (Lipinski definition) is 19.